The molecule has 0 saturated heterocycles. The number of hydrogen-bond donors (Lipinski definition) is 2. The average Bonchev–Trinajstić information content (AvgIpc) is 2.92. The lowest BCUT2D eigenvalue weighted by molar-refractivity contribution is 0.0601. The van der Waals surface area contributed by atoms with Gasteiger partial charge in [0.1, 0.15) is 10.8 Å². The normalized spacial score (nSPS) is 13.9. The molecule has 138 valence electrons. The predicted octanol–water partition coefficient (Wildman–Crippen LogP) is 4.71. The van der Waals surface area contributed by atoms with Crippen molar-refractivity contribution in [2.24, 2.45) is 0 Å². The summed E-state index contributed by atoms with van der Waals surface area (Å²) in [5, 5.41) is 7.43. The van der Waals surface area contributed by atoms with Crippen LogP contribution in [0.15, 0.2) is 18.3 Å². The fraction of sp³-hybridized carbons (Fsp3) is 0.421. The van der Waals surface area contributed by atoms with Gasteiger partial charge in [-0.2, -0.15) is 0 Å². The maximum atomic E-state index is 12.4. The molecule has 0 saturated carbocycles. The summed E-state index contributed by atoms with van der Waals surface area (Å²) in [6, 6.07) is 3.84. The van der Waals surface area contributed by atoms with E-state index >= 15 is 0 Å². The van der Waals surface area contributed by atoms with Gasteiger partial charge in [0.2, 0.25) is 0 Å². The minimum Gasteiger partial charge on any atom is -0.465 e. The van der Waals surface area contributed by atoms with Crippen molar-refractivity contribution in [3.8, 4) is 0 Å². The lowest BCUT2D eigenvalue weighted by Gasteiger charge is -2.12. The highest BCUT2D eigenvalue weighted by molar-refractivity contribution is 7.80. The molecule has 2 aromatic heterocycles. The zero-order chi connectivity index (χ0) is 18.5. The van der Waals surface area contributed by atoms with Crippen molar-refractivity contribution < 1.29 is 9.53 Å². The quantitative estimate of drug-likeness (QED) is 0.586. The minimum atomic E-state index is -0.304. The van der Waals surface area contributed by atoms with Crippen molar-refractivity contribution in [2.75, 3.05) is 17.7 Å². The second-order valence-corrected chi connectivity index (χ2v) is 7.93. The summed E-state index contributed by atoms with van der Waals surface area (Å²) in [6.45, 7) is 1.98. The molecule has 1 aliphatic carbocycles. The molecule has 2 heterocycles. The highest BCUT2D eigenvalue weighted by Crippen LogP contribution is 2.37. The van der Waals surface area contributed by atoms with Crippen LogP contribution in [0.1, 0.15) is 52.0 Å². The first-order chi connectivity index (χ1) is 12.6. The first-order valence-electron chi connectivity index (χ1n) is 8.82. The molecule has 0 bridgehead atoms. The van der Waals surface area contributed by atoms with Crippen LogP contribution in [-0.4, -0.2) is 23.2 Å². The van der Waals surface area contributed by atoms with Crippen molar-refractivity contribution in [1.29, 1.82) is 0 Å². The van der Waals surface area contributed by atoms with E-state index in [0.29, 0.717) is 16.5 Å². The maximum absolute atomic E-state index is 12.4. The second-order valence-electron chi connectivity index (χ2n) is 6.41. The molecule has 0 atom stereocenters. The standard InChI is InChI=1S/C19H23N3O2S2/c1-12-9-10-15(20-11-12)21-19(25)22-17-16(18(23)24-2)13-7-5-3-4-6-8-14(13)26-17/h9-11H,3-8H2,1-2H3,(H2,20,21,22,25). The number of aromatic nitrogens is 1. The minimum absolute atomic E-state index is 0.304. The molecular weight excluding hydrogens is 366 g/mol. The van der Waals surface area contributed by atoms with Crippen LogP contribution >= 0.6 is 23.6 Å². The van der Waals surface area contributed by atoms with Crippen LogP contribution in [0, 0.1) is 6.92 Å². The number of hydrogen-bond acceptors (Lipinski definition) is 5. The Morgan fingerprint density at radius 1 is 1.19 bits per heavy atom. The Bertz CT molecular complexity index is 800. The van der Waals surface area contributed by atoms with Crippen molar-refractivity contribution in [2.45, 2.75) is 45.4 Å². The van der Waals surface area contributed by atoms with Crippen molar-refractivity contribution in [1.82, 2.24) is 4.98 Å². The number of nitrogens with one attached hydrogen (secondary N) is 2. The third-order valence-electron chi connectivity index (χ3n) is 4.44. The predicted molar refractivity (Wildman–Crippen MR) is 110 cm³/mol. The smallest absolute Gasteiger partial charge is 0.341 e. The van der Waals surface area contributed by atoms with Gasteiger partial charge in [0, 0.05) is 11.1 Å². The third-order valence-corrected chi connectivity index (χ3v) is 5.85. The van der Waals surface area contributed by atoms with Crippen LogP contribution in [0.5, 0.6) is 0 Å². The van der Waals surface area contributed by atoms with Gasteiger partial charge >= 0.3 is 5.97 Å². The molecule has 2 aromatic rings. The molecule has 0 unspecified atom stereocenters. The number of thiophene rings is 1. The monoisotopic (exact) mass is 389 g/mol. The van der Waals surface area contributed by atoms with E-state index in [4.69, 9.17) is 17.0 Å². The number of anilines is 2. The molecule has 5 nitrogen and oxygen atoms in total. The van der Waals surface area contributed by atoms with Gasteiger partial charge in [-0.15, -0.1) is 11.3 Å². The van der Waals surface area contributed by atoms with Crippen LogP contribution in [0.4, 0.5) is 10.8 Å². The van der Waals surface area contributed by atoms with Crippen LogP contribution < -0.4 is 10.6 Å². The Morgan fingerprint density at radius 3 is 2.65 bits per heavy atom. The number of thiocarbonyl (C=S) groups is 1. The molecule has 0 aromatic carbocycles. The molecule has 3 rings (SSSR count). The van der Waals surface area contributed by atoms with E-state index in [9.17, 15) is 4.79 Å². The van der Waals surface area contributed by atoms with Gasteiger partial charge in [-0.05, 0) is 62.0 Å². The number of pyridine rings is 1. The Morgan fingerprint density at radius 2 is 1.96 bits per heavy atom. The zero-order valence-electron chi connectivity index (χ0n) is 15.1. The van der Waals surface area contributed by atoms with Crippen molar-refractivity contribution >= 4 is 45.5 Å². The highest BCUT2D eigenvalue weighted by Gasteiger charge is 2.25. The van der Waals surface area contributed by atoms with E-state index in [1.165, 1.54) is 24.8 Å². The zero-order valence-corrected chi connectivity index (χ0v) is 16.7. The summed E-state index contributed by atoms with van der Waals surface area (Å²) in [4.78, 5) is 18.0. The molecule has 0 fully saturated rings. The first kappa shape index (κ1) is 18.8. The van der Waals surface area contributed by atoms with E-state index in [-0.39, 0.29) is 5.97 Å². The summed E-state index contributed by atoms with van der Waals surface area (Å²) >= 11 is 7.03. The summed E-state index contributed by atoms with van der Waals surface area (Å²) in [5.41, 5.74) is 2.84. The first-order valence-corrected chi connectivity index (χ1v) is 10.0. The van der Waals surface area contributed by atoms with Gasteiger partial charge in [0.15, 0.2) is 5.11 Å². The number of carbonyl (C=O) groups excluding carboxylic acids is 1. The van der Waals surface area contributed by atoms with Gasteiger partial charge in [-0.1, -0.05) is 18.9 Å². The third kappa shape index (κ3) is 4.40. The summed E-state index contributed by atoms with van der Waals surface area (Å²) in [6.07, 6.45) is 8.40. The average molecular weight is 390 g/mol. The van der Waals surface area contributed by atoms with Crippen LogP contribution in [-0.2, 0) is 17.6 Å². The number of ether oxygens (including phenoxy) is 1. The summed E-state index contributed by atoms with van der Waals surface area (Å²) in [7, 11) is 1.42. The molecule has 0 radical (unpaired) electrons. The van der Waals surface area contributed by atoms with Crippen molar-refractivity contribution in [3.63, 3.8) is 0 Å². The molecule has 0 aliphatic heterocycles. The molecule has 7 heteroatoms. The van der Waals surface area contributed by atoms with Gasteiger partial charge < -0.3 is 15.4 Å². The van der Waals surface area contributed by atoms with Gasteiger partial charge in [-0.3, -0.25) is 0 Å². The van der Waals surface area contributed by atoms with E-state index in [0.717, 1.165) is 41.8 Å². The maximum Gasteiger partial charge on any atom is 0.341 e. The molecular formula is C19H23N3O2S2. The Hall–Kier alpha value is -1.99. The number of aryl methyl sites for hydroxylation is 2. The van der Waals surface area contributed by atoms with Gasteiger partial charge in [-0.25, -0.2) is 9.78 Å². The van der Waals surface area contributed by atoms with Crippen molar-refractivity contribution in [3.05, 3.63) is 39.9 Å². The lowest BCUT2D eigenvalue weighted by Crippen LogP contribution is -2.20. The van der Waals surface area contributed by atoms with Crippen LogP contribution in [0.3, 0.4) is 0 Å². The van der Waals surface area contributed by atoms with Crippen LogP contribution in [0.25, 0.3) is 0 Å². The number of methoxy groups -OCH3 is 1. The van der Waals surface area contributed by atoms with E-state index in [1.54, 1.807) is 17.5 Å². The van der Waals surface area contributed by atoms with E-state index in [1.807, 2.05) is 19.1 Å². The number of esters is 1. The topological polar surface area (TPSA) is 63.2 Å². The molecule has 1 aliphatic rings. The highest BCUT2D eigenvalue weighted by atomic mass is 32.1. The molecule has 0 spiro atoms. The molecule has 2 N–H and O–H groups in total. The van der Waals surface area contributed by atoms with E-state index in [2.05, 4.69) is 15.6 Å². The molecule has 0 amide bonds. The number of fused-ring (bicyclic) bond motifs is 1. The van der Waals surface area contributed by atoms with Gasteiger partial charge in [0.05, 0.1) is 12.7 Å². The van der Waals surface area contributed by atoms with Gasteiger partial charge in [0.25, 0.3) is 0 Å². The van der Waals surface area contributed by atoms with Crippen LogP contribution in [0.2, 0.25) is 0 Å². The lowest BCUT2D eigenvalue weighted by atomic mass is 9.96. The second kappa shape index (κ2) is 8.60. The molecule has 26 heavy (non-hydrogen) atoms. The fourth-order valence-corrected chi connectivity index (χ4v) is 4.67. The fourth-order valence-electron chi connectivity index (χ4n) is 3.12. The Labute approximate surface area is 163 Å². The number of rotatable bonds is 3. The number of nitrogens with zero attached hydrogens (tertiary/aromatic N) is 1. The van der Waals surface area contributed by atoms with E-state index < -0.39 is 0 Å². The Balaban J connectivity index is 1.83. The largest absolute Gasteiger partial charge is 0.465 e. The number of carbonyl (C=O) groups is 1. The summed E-state index contributed by atoms with van der Waals surface area (Å²) in [5.74, 6) is 0.365. The summed E-state index contributed by atoms with van der Waals surface area (Å²) < 4.78 is 5.04. The SMILES string of the molecule is COC(=O)c1c(NC(=S)Nc2ccc(C)cn2)sc2c1CCCCCC2. The Kier molecular flexibility index (Phi) is 6.21.